The molecule has 3 rings (SSSR count). The van der Waals surface area contributed by atoms with Crippen LogP contribution in [0.25, 0.3) is 0 Å². The van der Waals surface area contributed by atoms with Crippen molar-refractivity contribution in [3.63, 3.8) is 0 Å². The van der Waals surface area contributed by atoms with Gasteiger partial charge in [-0.3, -0.25) is 4.68 Å². The molecule has 0 spiro atoms. The second kappa shape index (κ2) is 5.15. The highest BCUT2D eigenvalue weighted by molar-refractivity contribution is 5.30. The van der Waals surface area contributed by atoms with Gasteiger partial charge in [-0.1, -0.05) is 24.3 Å². The summed E-state index contributed by atoms with van der Waals surface area (Å²) in [6.07, 6.45) is 4.13. The zero-order valence-corrected chi connectivity index (χ0v) is 11.0. The van der Waals surface area contributed by atoms with Gasteiger partial charge in [0.2, 0.25) is 0 Å². The lowest BCUT2D eigenvalue weighted by molar-refractivity contribution is 0.0282. The molecule has 1 aliphatic heterocycles. The van der Waals surface area contributed by atoms with Crippen molar-refractivity contribution >= 4 is 0 Å². The van der Waals surface area contributed by atoms with Gasteiger partial charge >= 0.3 is 0 Å². The lowest BCUT2D eigenvalue weighted by atomic mass is 9.98. The van der Waals surface area contributed by atoms with Crippen LogP contribution in [0.3, 0.4) is 0 Å². The number of hydrogen-bond donors (Lipinski definition) is 1. The van der Waals surface area contributed by atoms with Crippen LogP contribution in [0.2, 0.25) is 0 Å². The summed E-state index contributed by atoms with van der Waals surface area (Å²) < 4.78 is 7.70. The summed E-state index contributed by atoms with van der Waals surface area (Å²) >= 11 is 0. The quantitative estimate of drug-likeness (QED) is 0.918. The number of hydrogen-bond acceptors (Lipinski definition) is 3. The normalized spacial score (nSPS) is 20.0. The van der Waals surface area contributed by atoms with Gasteiger partial charge in [0.25, 0.3) is 0 Å². The summed E-state index contributed by atoms with van der Waals surface area (Å²) in [6.45, 7) is 3.18. The first-order valence-corrected chi connectivity index (χ1v) is 6.64. The maximum absolute atomic E-state index is 9.52. The van der Waals surface area contributed by atoms with Crippen LogP contribution in [0, 0.1) is 0 Å². The molecule has 2 heterocycles. The third kappa shape index (κ3) is 2.55. The van der Waals surface area contributed by atoms with E-state index in [2.05, 4.69) is 23.3 Å². The van der Waals surface area contributed by atoms with Crippen molar-refractivity contribution in [3.8, 4) is 0 Å². The zero-order valence-electron chi connectivity index (χ0n) is 11.0. The Balaban J connectivity index is 1.80. The Morgan fingerprint density at radius 2 is 2.32 bits per heavy atom. The van der Waals surface area contributed by atoms with Gasteiger partial charge in [0, 0.05) is 11.8 Å². The Bertz CT molecular complexity index is 563. The van der Waals surface area contributed by atoms with Crippen LogP contribution in [-0.4, -0.2) is 21.5 Å². The SMILES string of the molecule is CC(O)c1cnn(CC2OCCc3ccccc32)c1. The van der Waals surface area contributed by atoms with Crippen molar-refractivity contribution in [2.45, 2.75) is 32.1 Å². The van der Waals surface area contributed by atoms with Gasteiger partial charge in [-0.05, 0) is 24.5 Å². The summed E-state index contributed by atoms with van der Waals surface area (Å²) in [7, 11) is 0. The maximum atomic E-state index is 9.52. The molecule has 1 aromatic heterocycles. The molecule has 100 valence electrons. The molecular weight excluding hydrogens is 240 g/mol. The summed E-state index contributed by atoms with van der Waals surface area (Å²) in [5.74, 6) is 0. The van der Waals surface area contributed by atoms with Crippen LogP contribution >= 0.6 is 0 Å². The molecule has 0 saturated carbocycles. The molecule has 4 heteroatoms. The van der Waals surface area contributed by atoms with Crippen molar-refractivity contribution < 1.29 is 9.84 Å². The highest BCUT2D eigenvalue weighted by atomic mass is 16.5. The predicted molar refractivity (Wildman–Crippen MR) is 71.7 cm³/mol. The van der Waals surface area contributed by atoms with Gasteiger partial charge in [-0.15, -0.1) is 0 Å². The molecule has 2 aromatic rings. The Kier molecular flexibility index (Phi) is 3.36. The Hall–Kier alpha value is -1.65. The molecule has 1 N–H and O–H groups in total. The van der Waals surface area contributed by atoms with E-state index in [1.165, 1.54) is 11.1 Å². The smallest absolute Gasteiger partial charge is 0.102 e. The molecule has 0 amide bonds. The van der Waals surface area contributed by atoms with Crippen molar-refractivity contribution in [1.82, 2.24) is 9.78 Å². The third-order valence-electron chi connectivity index (χ3n) is 3.58. The van der Waals surface area contributed by atoms with Crippen LogP contribution in [-0.2, 0) is 17.7 Å². The molecule has 4 nitrogen and oxygen atoms in total. The van der Waals surface area contributed by atoms with E-state index in [-0.39, 0.29) is 6.10 Å². The summed E-state index contributed by atoms with van der Waals surface area (Å²) in [4.78, 5) is 0. The third-order valence-corrected chi connectivity index (χ3v) is 3.58. The topological polar surface area (TPSA) is 47.3 Å². The highest BCUT2D eigenvalue weighted by Gasteiger charge is 2.21. The Morgan fingerprint density at radius 3 is 3.11 bits per heavy atom. The van der Waals surface area contributed by atoms with E-state index in [9.17, 15) is 5.11 Å². The second-order valence-electron chi connectivity index (χ2n) is 4.98. The second-order valence-corrected chi connectivity index (χ2v) is 4.98. The van der Waals surface area contributed by atoms with E-state index in [0.29, 0.717) is 6.54 Å². The average Bonchev–Trinajstić information content (AvgIpc) is 2.88. The predicted octanol–water partition coefficient (Wildman–Crippen LogP) is 2.25. The lowest BCUT2D eigenvalue weighted by Crippen LogP contribution is -2.20. The van der Waals surface area contributed by atoms with Crippen molar-refractivity contribution in [1.29, 1.82) is 0 Å². The van der Waals surface area contributed by atoms with E-state index < -0.39 is 6.10 Å². The first kappa shape index (κ1) is 12.4. The molecule has 0 fully saturated rings. The molecule has 2 unspecified atom stereocenters. The van der Waals surface area contributed by atoms with Gasteiger partial charge in [0.1, 0.15) is 6.10 Å². The van der Waals surface area contributed by atoms with E-state index >= 15 is 0 Å². The molecule has 19 heavy (non-hydrogen) atoms. The van der Waals surface area contributed by atoms with Crippen LogP contribution in [0.1, 0.15) is 35.8 Å². The number of nitrogens with zero attached hydrogens (tertiary/aromatic N) is 2. The first-order valence-electron chi connectivity index (χ1n) is 6.64. The number of ether oxygens (including phenoxy) is 1. The summed E-state index contributed by atoms with van der Waals surface area (Å²) in [5, 5.41) is 13.8. The molecule has 2 atom stereocenters. The van der Waals surface area contributed by atoms with E-state index in [1.807, 2.05) is 16.9 Å². The number of rotatable bonds is 3. The number of aromatic nitrogens is 2. The summed E-state index contributed by atoms with van der Waals surface area (Å²) in [5.41, 5.74) is 3.45. The van der Waals surface area contributed by atoms with Gasteiger partial charge in [-0.2, -0.15) is 5.10 Å². The first-order chi connectivity index (χ1) is 9.24. The van der Waals surface area contributed by atoms with Crippen LogP contribution in [0.4, 0.5) is 0 Å². The molecule has 0 saturated heterocycles. The number of benzene rings is 1. The van der Waals surface area contributed by atoms with E-state index in [0.717, 1.165) is 18.6 Å². The lowest BCUT2D eigenvalue weighted by Gasteiger charge is -2.25. The van der Waals surface area contributed by atoms with Crippen molar-refractivity contribution in [2.75, 3.05) is 6.61 Å². The van der Waals surface area contributed by atoms with Gasteiger partial charge < -0.3 is 9.84 Å². The van der Waals surface area contributed by atoms with Crippen LogP contribution in [0.15, 0.2) is 36.7 Å². The molecular formula is C15H18N2O2. The minimum atomic E-state index is -0.478. The average molecular weight is 258 g/mol. The fourth-order valence-corrected chi connectivity index (χ4v) is 2.49. The fourth-order valence-electron chi connectivity index (χ4n) is 2.49. The molecule has 0 bridgehead atoms. The maximum Gasteiger partial charge on any atom is 0.102 e. The zero-order chi connectivity index (χ0) is 13.2. The van der Waals surface area contributed by atoms with Crippen LogP contribution in [0.5, 0.6) is 0 Å². The fraction of sp³-hybridized carbons (Fsp3) is 0.400. The summed E-state index contributed by atoms with van der Waals surface area (Å²) in [6, 6.07) is 8.40. The standard InChI is InChI=1S/C15H18N2O2/c1-11(18)13-8-16-17(9-13)10-15-14-5-3-2-4-12(14)6-7-19-15/h2-5,8-9,11,15,18H,6-7,10H2,1H3. The minimum Gasteiger partial charge on any atom is -0.389 e. The largest absolute Gasteiger partial charge is 0.389 e. The van der Waals surface area contributed by atoms with Crippen molar-refractivity contribution in [2.24, 2.45) is 0 Å². The highest BCUT2D eigenvalue weighted by Crippen LogP contribution is 2.28. The minimum absolute atomic E-state index is 0.0479. The molecule has 0 aliphatic carbocycles. The number of fused-ring (bicyclic) bond motifs is 1. The van der Waals surface area contributed by atoms with Gasteiger partial charge in [-0.25, -0.2) is 0 Å². The van der Waals surface area contributed by atoms with Crippen molar-refractivity contribution in [3.05, 3.63) is 53.3 Å². The monoisotopic (exact) mass is 258 g/mol. The Morgan fingerprint density at radius 1 is 1.47 bits per heavy atom. The van der Waals surface area contributed by atoms with Crippen LogP contribution < -0.4 is 0 Å². The molecule has 1 aromatic carbocycles. The van der Waals surface area contributed by atoms with Gasteiger partial charge in [0.15, 0.2) is 0 Å². The number of aliphatic hydroxyl groups excluding tert-OH is 1. The van der Waals surface area contributed by atoms with E-state index in [1.54, 1.807) is 13.1 Å². The molecule has 0 radical (unpaired) electrons. The number of aliphatic hydroxyl groups is 1. The van der Waals surface area contributed by atoms with E-state index in [4.69, 9.17) is 4.74 Å². The Labute approximate surface area is 112 Å². The molecule has 1 aliphatic rings. The van der Waals surface area contributed by atoms with Gasteiger partial charge in [0.05, 0.1) is 25.5 Å².